The number of ether oxygens (including phenoxy) is 1. The Kier molecular flexibility index (Phi) is 5.41. The van der Waals surface area contributed by atoms with Crippen molar-refractivity contribution in [3.05, 3.63) is 76.8 Å². The Morgan fingerprint density at radius 3 is 2.57 bits per heavy atom. The SMILES string of the molecule is Cc1ccc2nc(-c3ccc(NC(=O)COc4ccc(Br)cc4)cc3)sc2c1. The monoisotopic (exact) mass is 452 g/mol. The predicted octanol–water partition coefficient (Wildman–Crippen LogP) is 6.05. The highest BCUT2D eigenvalue weighted by Gasteiger charge is 2.08. The van der Waals surface area contributed by atoms with Crippen molar-refractivity contribution in [1.82, 2.24) is 4.98 Å². The molecule has 0 atom stereocenters. The maximum atomic E-state index is 12.1. The average molecular weight is 453 g/mol. The van der Waals surface area contributed by atoms with Crippen molar-refractivity contribution in [2.75, 3.05) is 11.9 Å². The van der Waals surface area contributed by atoms with Crippen molar-refractivity contribution in [3.8, 4) is 16.3 Å². The third-order valence-electron chi connectivity index (χ3n) is 4.14. The Balaban J connectivity index is 1.39. The van der Waals surface area contributed by atoms with Gasteiger partial charge in [0.15, 0.2) is 6.61 Å². The van der Waals surface area contributed by atoms with E-state index in [0.717, 1.165) is 26.2 Å². The molecule has 0 saturated heterocycles. The maximum Gasteiger partial charge on any atom is 0.262 e. The Morgan fingerprint density at radius 2 is 1.82 bits per heavy atom. The molecule has 0 saturated carbocycles. The number of hydrogen-bond donors (Lipinski definition) is 1. The molecule has 0 bridgehead atoms. The third kappa shape index (κ3) is 4.40. The number of benzene rings is 3. The molecular formula is C22H17BrN2O2S. The molecule has 0 aliphatic rings. The van der Waals surface area contributed by atoms with Crippen LogP contribution in [0.4, 0.5) is 5.69 Å². The van der Waals surface area contributed by atoms with E-state index in [1.807, 2.05) is 54.6 Å². The maximum absolute atomic E-state index is 12.1. The summed E-state index contributed by atoms with van der Waals surface area (Å²) in [5, 5.41) is 3.82. The summed E-state index contributed by atoms with van der Waals surface area (Å²) in [7, 11) is 0. The largest absolute Gasteiger partial charge is 0.484 e. The number of aromatic nitrogens is 1. The molecule has 1 amide bonds. The Labute approximate surface area is 175 Å². The second kappa shape index (κ2) is 8.12. The van der Waals surface area contributed by atoms with Gasteiger partial charge in [0.05, 0.1) is 10.2 Å². The Hall–Kier alpha value is -2.70. The van der Waals surface area contributed by atoms with Gasteiger partial charge >= 0.3 is 0 Å². The van der Waals surface area contributed by atoms with Crippen LogP contribution in [0.2, 0.25) is 0 Å². The van der Waals surface area contributed by atoms with E-state index in [1.165, 1.54) is 10.3 Å². The number of anilines is 1. The Morgan fingerprint density at radius 1 is 1.07 bits per heavy atom. The lowest BCUT2D eigenvalue weighted by Gasteiger charge is -2.08. The van der Waals surface area contributed by atoms with Crippen LogP contribution in [0.5, 0.6) is 5.75 Å². The highest BCUT2D eigenvalue weighted by molar-refractivity contribution is 9.10. The molecule has 0 fully saturated rings. The van der Waals surface area contributed by atoms with E-state index in [2.05, 4.69) is 40.3 Å². The summed E-state index contributed by atoms with van der Waals surface area (Å²) < 4.78 is 7.63. The van der Waals surface area contributed by atoms with E-state index in [-0.39, 0.29) is 12.5 Å². The number of nitrogens with zero attached hydrogens (tertiary/aromatic N) is 1. The van der Waals surface area contributed by atoms with Gasteiger partial charge in [-0.05, 0) is 73.2 Å². The quantitative estimate of drug-likeness (QED) is 0.400. The number of nitrogens with one attached hydrogen (secondary N) is 1. The van der Waals surface area contributed by atoms with E-state index in [0.29, 0.717) is 5.75 Å². The molecule has 1 aromatic heterocycles. The van der Waals surface area contributed by atoms with Gasteiger partial charge in [0, 0.05) is 15.7 Å². The Bertz CT molecular complexity index is 1120. The lowest BCUT2D eigenvalue weighted by molar-refractivity contribution is -0.118. The highest BCUT2D eigenvalue weighted by atomic mass is 79.9. The van der Waals surface area contributed by atoms with Crippen LogP contribution in [0.15, 0.2) is 71.2 Å². The number of thiazole rings is 1. The van der Waals surface area contributed by atoms with Crippen molar-refractivity contribution in [2.45, 2.75) is 6.92 Å². The number of hydrogen-bond acceptors (Lipinski definition) is 4. The minimum Gasteiger partial charge on any atom is -0.484 e. The molecule has 0 aliphatic carbocycles. The first-order chi connectivity index (χ1) is 13.6. The number of carbonyl (C=O) groups excluding carboxylic acids is 1. The lowest BCUT2D eigenvalue weighted by atomic mass is 10.2. The van der Waals surface area contributed by atoms with Gasteiger partial charge in [0.2, 0.25) is 0 Å². The number of fused-ring (bicyclic) bond motifs is 1. The molecule has 1 N–H and O–H groups in total. The van der Waals surface area contributed by atoms with Crippen molar-refractivity contribution >= 4 is 49.1 Å². The van der Waals surface area contributed by atoms with E-state index in [9.17, 15) is 4.79 Å². The third-order valence-corrected chi connectivity index (χ3v) is 5.74. The van der Waals surface area contributed by atoms with Gasteiger partial charge in [-0.3, -0.25) is 4.79 Å². The van der Waals surface area contributed by atoms with E-state index >= 15 is 0 Å². The number of aryl methyl sites for hydroxylation is 1. The van der Waals surface area contributed by atoms with E-state index in [4.69, 9.17) is 9.72 Å². The fourth-order valence-electron chi connectivity index (χ4n) is 2.73. The molecule has 0 spiro atoms. The number of amides is 1. The standard InChI is InChI=1S/C22H17BrN2O2S/c1-14-2-11-19-20(12-14)28-22(25-19)15-3-7-17(8-4-15)24-21(26)13-27-18-9-5-16(23)6-10-18/h2-12H,13H2,1H3,(H,24,26). The molecule has 1 heterocycles. The number of rotatable bonds is 5. The van der Waals surface area contributed by atoms with Gasteiger partial charge in [-0.15, -0.1) is 11.3 Å². The van der Waals surface area contributed by atoms with Crippen LogP contribution in [-0.2, 0) is 4.79 Å². The van der Waals surface area contributed by atoms with Gasteiger partial charge in [-0.1, -0.05) is 22.0 Å². The van der Waals surface area contributed by atoms with Gasteiger partial charge in [0.25, 0.3) is 5.91 Å². The van der Waals surface area contributed by atoms with E-state index < -0.39 is 0 Å². The molecule has 0 radical (unpaired) electrons. The molecular weight excluding hydrogens is 436 g/mol. The summed E-state index contributed by atoms with van der Waals surface area (Å²) in [6.45, 7) is 2.04. The van der Waals surface area contributed by atoms with Crippen molar-refractivity contribution < 1.29 is 9.53 Å². The average Bonchev–Trinajstić information content (AvgIpc) is 3.11. The fourth-order valence-corrected chi connectivity index (χ4v) is 4.06. The first-order valence-corrected chi connectivity index (χ1v) is 10.3. The highest BCUT2D eigenvalue weighted by Crippen LogP contribution is 2.31. The molecule has 4 rings (SSSR count). The van der Waals surface area contributed by atoms with Crippen LogP contribution in [0.1, 0.15) is 5.56 Å². The second-order valence-electron chi connectivity index (χ2n) is 6.36. The zero-order chi connectivity index (χ0) is 19.5. The molecule has 140 valence electrons. The zero-order valence-electron chi connectivity index (χ0n) is 15.1. The zero-order valence-corrected chi connectivity index (χ0v) is 17.5. The van der Waals surface area contributed by atoms with Crippen molar-refractivity contribution in [3.63, 3.8) is 0 Å². The van der Waals surface area contributed by atoms with Gasteiger partial charge in [-0.2, -0.15) is 0 Å². The van der Waals surface area contributed by atoms with Crippen LogP contribution in [0.25, 0.3) is 20.8 Å². The van der Waals surface area contributed by atoms with Crippen LogP contribution in [0, 0.1) is 6.92 Å². The summed E-state index contributed by atoms with van der Waals surface area (Å²) in [6, 6.07) is 21.3. The van der Waals surface area contributed by atoms with Crippen LogP contribution < -0.4 is 10.1 Å². The summed E-state index contributed by atoms with van der Waals surface area (Å²) in [6.07, 6.45) is 0. The molecule has 0 aliphatic heterocycles. The molecule has 28 heavy (non-hydrogen) atoms. The van der Waals surface area contributed by atoms with Gasteiger partial charge in [0.1, 0.15) is 10.8 Å². The predicted molar refractivity (Wildman–Crippen MR) is 118 cm³/mol. The molecule has 4 aromatic rings. The van der Waals surface area contributed by atoms with Crippen molar-refractivity contribution in [2.24, 2.45) is 0 Å². The van der Waals surface area contributed by atoms with Gasteiger partial charge in [-0.25, -0.2) is 4.98 Å². The first-order valence-electron chi connectivity index (χ1n) is 8.73. The molecule has 3 aromatic carbocycles. The normalized spacial score (nSPS) is 10.8. The van der Waals surface area contributed by atoms with Crippen LogP contribution in [-0.4, -0.2) is 17.5 Å². The second-order valence-corrected chi connectivity index (χ2v) is 8.30. The number of carbonyl (C=O) groups is 1. The molecule has 6 heteroatoms. The topological polar surface area (TPSA) is 51.2 Å². The lowest BCUT2D eigenvalue weighted by Crippen LogP contribution is -2.20. The van der Waals surface area contributed by atoms with Crippen LogP contribution >= 0.6 is 27.3 Å². The fraction of sp³-hybridized carbons (Fsp3) is 0.0909. The molecule has 0 unspecified atom stereocenters. The summed E-state index contributed by atoms with van der Waals surface area (Å²) in [4.78, 5) is 16.8. The van der Waals surface area contributed by atoms with E-state index in [1.54, 1.807) is 11.3 Å². The minimum atomic E-state index is -0.203. The first kappa shape index (κ1) is 18.7. The molecule has 4 nitrogen and oxygen atoms in total. The number of halogens is 1. The van der Waals surface area contributed by atoms with Crippen LogP contribution in [0.3, 0.4) is 0 Å². The summed E-state index contributed by atoms with van der Waals surface area (Å²) in [5.74, 6) is 0.450. The van der Waals surface area contributed by atoms with Crippen molar-refractivity contribution in [1.29, 1.82) is 0 Å². The summed E-state index contributed by atoms with van der Waals surface area (Å²) >= 11 is 5.04. The summed E-state index contributed by atoms with van der Waals surface area (Å²) in [5.41, 5.74) is 3.99. The van der Waals surface area contributed by atoms with Gasteiger partial charge < -0.3 is 10.1 Å². The minimum absolute atomic E-state index is 0.0411. The smallest absolute Gasteiger partial charge is 0.262 e.